The minimum Gasteiger partial charge on any atom is -0.383 e. The Bertz CT molecular complexity index is 1250. The summed E-state index contributed by atoms with van der Waals surface area (Å²) in [6, 6.07) is 13.8. The van der Waals surface area contributed by atoms with Gasteiger partial charge in [-0.3, -0.25) is 0 Å². The van der Waals surface area contributed by atoms with Gasteiger partial charge >= 0.3 is 0 Å². The normalized spacial score (nSPS) is 11.5. The largest absolute Gasteiger partial charge is 0.383 e. The van der Waals surface area contributed by atoms with Crippen LogP contribution in [0.15, 0.2) is 54.7 Å². The maximum Gasteiger partial charge on any atom is 0.190 e. The number of hydrogen-bond donors (Lipinski definition) is 1. The first-order chi connectivity index (χ1) is 15.8. The summed E-state index contributed by atoms with van der Waals surface area (Å²) in [6.07, 6.45) is 1.66. The van der Waals surface area contributed by atoms with Gasteiger partial charge in [-0.15, -0.1) is 5.10 Å². The standard InChI is InChI=1S/C24H25F2N7/c1-15(2)13-32(3)14-16-7-9-17(10-8-16)18-11-19(23(27)28-12-18)24-29-30-31-33(24)21-6-4-5-20(25)22(21)26/h4-12,15H,13-14H2,1-3H3,(H2,27,28). The Hall–Kier alpha value is -3.72. The van der Waals surface area contributed by atoms with E-state index in [1.165, 1.54) is 17.7 Å². The first-order valence-corrected chi connectivity index (χ1v) is 10.6. The lowest BCUT2D eigenvalue weighted by Gasteiger charge is -2.19. The van der Waals surface area contributed by atoms with Crippen LogP contribution in [0.5, 0.6) is 0 Å². The van der Waals surface area contributed by atoms with Crippen molar-refractivity contribution in [3.8, 4) is 28.2 Å². The Morgan fingerprint density at radius 3 is 2.55 bits per heavy atom. The summed E-state index contributed by atoms with van der Waals surface area (Å²) in [6.45, 7) is 6.28. The third-order valence-corrected chi connectivity index (χ3v) is 5.20. The van der Waals surface area contributed by atoms with Crippen LogP contribution in [0.3, 0.4) is 0 Å². The average Bonchev–Trinajstić information content (AvgIpc) is 3.25. The fraction of sp³-hybridized carbons (Fsp3) is 0.250. The van der Waals surface area contributed by atoms with Crippen molar-refractivity contribution >= 4 is 5.82 Å². The quantitative estimate of drug-likeness (QED) is 0.452. The molecule has 0 unspecified atom stereocenters. The van der Waals surface area contributed by atoms with Gasteiger partial charge in [0, 0.05) is 24.8 Å². The molecule has 0 atom stereocenters. The van der Waals surface area contributed by atoms with Gasteiger partial charge in [-0.05, 0) is 52.7 Å². The van der Waals surface area contributed by atoms with Crippen LogP contribution in [-0.2, 0) is 6.54 Å². The van der Waals surface area contributed by atoms with E-state index in [2.05, 4.69) is 58.4 Å². The second-order valence-electron chi connectivity index (χ2n) is 8.43. The molecule has 0 aliphatic rings. The molecule has 0 aliphatic heterocycles. The van der Waals surface area contributed by atoms with Gasteiger partial charge in [0.2, 0.25) is 0 Å². The van der Waals surface area contributed by atoms with Crippen LogP contribution in [-0.4, -0.2) is 43.7 Å². The number of tetrazole rings is 1. The third kappa shape index (κ3) is 4.88. The number of rotatable bonds is 7. The highest BCUT2D eigenvalue weighted by atomic mass is 19.2. The predicted octanol–water partition coefficient (Wildman–Crippen LogP) is 4.34. The van der Waals surface area contributed by atoms with E-state index >= 15 is 0 Å². The average molecular weight is 450 g/mol. The minimum absolute atomic E-state index is 0.116. The maximum absolute atomic E-state index is 14.4. The van der Waals surface area contributed by atoms with E-state index in [0.717, 1.165) is 35.0 Å². The van der Waals surface area contributed by atoms with Crippen molar-refractivity contribution in [1.82, 2.24) is 30.1 Å². The number of halogens is 2. The number of pyridine rings is 1. The molecule has 0 amide bonds. The summed E-state index contributed by atoms with van der Waals surface area (Å²) in [5, 5.41) is 11.5. The Balaban J connectivity index is 1.65. The number of aromatic nitrogens is 5. The van der Waals surface area contributed by atoms with Crippen LogP contribution < -0.4 is 5.73 Å². The number of hydrogen-bond acceptors (Lipinski definition) is 6. The molecule has 4 rings (SSSR count). The van der Waals surface area contributed by atoms with Crippen molar-refractivity contribution in [2.24, 2.45) is 5.92 Å². The van der Waals surface area contributed by atoms with E-state index in [1.807, 2.05) is 12.1 Å². The van der Waals surface area contributed by atoms with E-state index in [-0.39, 0.29) is 17.3 Å². The predicted molar refractivity (Wildman–Crippen MR) is 123 cm³/mol. The fourth-order valence-corrected chi connectivity index (χ4v) is 3.79. The summed E-state index contributed by atoms with van der Waals surface area (Å²) in [5.74, 6) is -1.09. The molecule has 9 heteroatoms. The number of nitrogen functional groups attached to an aromatic ring is 1. The Morgan fingerprint density at radius 1 is 1.06 bits per heavy atom. The van der Waals surface area contributed by atoms with Crippen LogP contribution in [0, 0.1) is 17.6 Å². The molecule has 2 aromatic heterocycles. The van der Waals surface area contributed by atoms with Crippen LogP contribution in [0.1, 0.15) is 19.4 Å². The Kier molecular flexibility index (Phi) is 6.41. The fourth-order valence-electron chi connectivity index (χ4n) is 3.79. The molecule has 4 aromatic rings. The molecule has 2 N–H and O–H groups in total. The van der Waals surface area contributed by atoms with Gasteiger partial charge < -0.3 is 10.6 Å². The van der Waals surface area contributed by atoms with Crippen LogP contribution >= 0.6 is 0 Å². The van der Waals surface area contributed by atoms with Gasteiger partial charge in [0.1, 0.15) is 11.5 Å². The Morgan fingerprint density at radius 2 is 1.82 bits per heavy atom. The first kappa shape index (κ1) is 22.5. The highest BCUT2D eigenvalue weighted by Gasteiger charge is 2.19. The minimum atomic E-state index is -1.05. The van der Waals surface area contributed by atoms with Crippen LogP contribution in [0.2, 0.25) is 0 Å². The number of nitrogens with zero attached hydrogens (tertiary/aromatic N) is 6. The summed E-state index contributed by atoms with van der Waals surface area (Å²) in [5.41, 5.74) is 9.35. The molecule has 2 heterocycles. The third-order valence-electron chi connectivity index (χ3n) is 5.20. The van der Waals surface area contributed by atoms with E-state index in [1.54, 1.807) is 12.3 Å². The van der Waals surface area contributed by atoms with Crippen molar-refractivity contribution in [2.45, 2.75) is 20.4 Å². The van der Waals surface area contributed by atoms with E-state index in [4.69, 9.17) is 5.73 Å². The zero-order valence-electron chi connectivity index (χ0n) is 18.7. The molecule has 0 bridgehead atoms. The second-order valence-corrected chi connectivity index (χ2v) is 8.43. The molecular formula is C24H25F2N7. The van der Waals surface area contributed by atoms with Crippen molar-refractivity contribution in [1.29, 1.82) is 0 Å². The van der Waals surface area contributed by atoms with E-state index < -0.39 is 11.6 Å². The first-order valence-electron chi connectivity index (χ1n) is 10.6. The van der Waals surface area contributed by atoms with Crippen molar-refractivity contribution in [3.05, 3.63) is 71.9 Å². The molecule has 0 fully saturated rings. The number of nitrogens with two attached hydrogens (primary N) is 1. The van der Waals surface area contributed by atoms with Gasteiger partial charge in [0.25, 0.3) is 0 Å². The van der Waals surface area contributed by atoms with Gasteiger partial charge in [0.05, 0.1) is 5.56 Å². The highest BCUT2D eigenvalue weighted by Crippen LogP contribution is 2.30. The zero-order valence-corrected chi connectivity index (χ0v) is 18.7. The topological polar surface area (TPSA) is 85.8 Å². The SMILES string of the molecule is CC(C)CN(C)Cc1ccc(-c2cnc(N)c(-c3nnnn3-c3cccc(F)c3F)c2)cc1. The molecule has 0 saturated heterocycles. The molecule has 0 radical (unpaired) electrons. The smallest absolute Gasteiger partial charge is 0.190 e. The highest BCUT2D eigenvalue weighted by molar-refractivity contribution is 5.76. The zero-order chi connectivity index (χ0) is 23.5. The lowest BCUT2D eigenvalue weighted by Crippen LogP contribution is -2.22. The van der Waals surface area contributed by atoms with Crippen molar-refractivity contribution in [3.63, 3.8) is 0 Å². The van der Waals surface area contributed by atoms with Crippen LogP contribution in [0.4, 0.5) is 14.6 Å². The van der Waals surface area contributed by atoms with E-state index in [0.29, 0.717) is 11.5 Å². The summed E-state index contributed by atoms with van der Waals surface area (Å²) >= 11 is 0. The molecule has 0 saturated carbocycles. The van der Waals surface area contributed by atoms with Crippen molar-refractivity contribution in [2.75, 3.05) is 19.3 Å². The molecule has 7 nitrogen and oxygen atoms in total. The lowest BCUT2D eigenvalue weighted by molar-refractivity contribution is 0.288. The second kappa shape index (κ2) is 9.41. The van der Waals surface area contributed by atoms with Gasteiger partial charge in [-0.1, -0.05) is 44.2 Å². The molecular weight excluding hydrogens is 424 g/mol. The number of anilines is 1. The van der Waals surface area contributed by atoms with Crippen LogP contribution in [0.25, 0.3) is 28.2 Å². The Labute approximate surface area is 190 Å². The summed E-state index contributed by atoms with van der Waals surface area (Å²) in [4.78, 5) is 6.57. The molecule has 170 valence electrons. The van der Waals surface area contributed by atoms with Gasteiger partial charge in [-0.2, -0.15) is 4.68 Å². The molecule has 2 aromatic carbocycles. The lowest BCUT2D eigenvalue weighted by atomic mass is 10.0. The maximum atomic E-state index is 14.4. The summed E-state index contributed by atoms with van der Waals surface area (Å²) < 4.78 is 29.2. The van der Waals surface area contributed by atoms with E-state index in [9.17, 15) is 8.78 Å². The monoisotopic (exact) mass is 449 g/mol. The van der Waals surface area contributed by atoms with Gasteiger partial charge in [-0.25, -0.2) is 13.8 Å². The van der Waals surface area contributed by atoms with Crippen molar-refractivity contribution < 1.29 is 8.78 Å². The molecule has 0 aliphatic carbocycles. The van der Waals surface area contributed by atoms with Gasteiger partial charge in [0.15, 0.2) is 17.5 Å². The summed E-state index contributed by atoms with van der Waals surface area (Å²) in [7, 11) is 2.11. The number of benzene rings is 2. The molecule has 0 spiro atoms. The molecule has 33 heavy (non-hydrogen) atoms.